The summed E-state index contributed by atoms with van der Waals surface area (Å²) < 4.78 is 0. The largest absolute Gasteiger partial charge is 0.352 e. The molecule has 0 fully saturated rings. The highest BCUT2D eigenvalue weighted by Gasteiger charge is 2.02. The third-order valence-electron chi connectivity index (χ3n) is 2.82. The number of anilines is 1. The van der Waals surface area contributed by atoms with Crippen molar-refractivity contribution in [1.29, 1.82) is 0 Å². The van der Waals surface area contributed by atoms with Crippen LogP contribution in [-0.2, 0) is 9.59 Å². The Hall–Kier alpha value is -2.95. The Morgan fingerprint density at radius 2 is 1.91 bits per heavy atom. The van der Waals surface area contributed by atoms with Crippen LogP contribution in [0.25, 0.3) is 6.08 Å². The highest BCUT2D eigenvalue weighted by molar-refractivity contribution is 5.93. The van der Waals surface area contributed by atoms with E-state index in [0.717, 1.165) is 11.3 Å². The van der Waals surface area contributed by atoms with Gasteiger partial charge in [-0.1, -0.05) is 24.3 Å². The molecule has 2 N–H and O–H groups in total. The summed E-state index contributed by atoms with van der Waals surface area (Å²) in [6, 6.07) is 12.8. The fourth-order valence-electron chi connectivity index (χ4n) is 1.75. The van der Waals surface area contributed by atoms with Crippen molar-refractivity contribution in [3.63, 3.8) is 0 Å². The van der Waals surface area contributed by atoms with Gasteiger partial charge in [0.25, 0.3) is 0 Å². The fourth-order valence-corrected chi connectivity index (χ4v) is 1.75. The molecule has 0 atom stereocenters. The van der Waals surface area contributed by atoms with Crippen molar-refractivity contribution in [2.45, 2.75) is 6.42 Å². The minimum Gasteiger partial charge on any atom is -0.352 e. The lowest BCUT2D eigenvalue weighted by molar-refractivity contribution is -0.117. The number of hydrogen-bond donors (Lipinski definition) is 2. The van der Waals surface area contributed by atoms with E-state index in [1.165, 1.54) is 6.08 Å². The van der Waals surface area contributed by atoms with Crippen molar-refractivity contribution in [1.82, 2.24) is 10.3 Å². The molecule has 5 heteroatoms. The SMILES string of the molecule is O=C(/C=C/c1cccnc1)NCCC(=O)Nc1ccccc1. The third-order valence-corrected chi connectivity index (χ3v) is 2.82. The highest BCUT2D eigenvalue weighted by Crippen LogP contribution is 2.05. The van der Waals surface area contributed by atoms with Crippen LogP contribution in [-0.4, -0.2) is 23.3 Å². The number of nitrogens with zero attached hydrogens (tertiary/aromatic N) is 1. The Labute approximate surface area is 129 Å². The summed E-state index contributed by atoms with van der Waals surface area (Å²) in [6.07, 6.45) is 6.65. The minimum atomic E-state index is -0.239. The lowest BCUT2D eigenvalue weighted by atomic mass is 10.2. The molecule has 0 radical (unpaired) electrons. The van der Waals surface area contributed by atoms with Gasteiger partial charge in [-0.25, -0.2) is 0 Å². The van der Waals surface area contributed by atoms with Crippen LogP contribution >= 0.6 is 0 Å². The molecule has 0 aliphatic carbocycles. The Balaban J connectivity index is 1.68. The van der Waals surface area contributed by atoms with Crippen LogP contribution < -0.4 is 10.6 Å². The monoisotopic (exact) mass is 295 g/mol. The predicted octanol–water partition coefficient (Wildman–Crippen LogP) is 2.24. The molecule has 1 aromatic heterocycles. The molecule has 2 rings (SSSR count). The van der Waals surface area contributed by atoms with Crippen LogP contribution in [0, 0.1) is 0 Å². The quantitative estimate of drug-likeness (QED) is 0.803. The summed E-state index contributed by atoms with van der Waals surface area (Å²) in [4.78, 5) is 27.2. The molecule has 5 nitrogen and oxygen atoms in total. The van der Waals surface area contributed by atoms with Crippen molar-refractivity contribution >= 4 is 23.6 Å². The number of carbonyl (C=O) groups is 2. The Kier molecular flexibility index (Phi) is 5.87. The summed E-state index contributed by atoms with van der Waals surface area (Å²) in [5.74, 6) is -0.376. The van der Waals surface area contributed by atoms with E-state index in [2.05, 4.69) is 15.6 Å². The molecule has 0 aliphatic rings. The van der Waals surface area contributed by atoms with E-state index in [9.17, 15) is 9.59 Å². The van der Waals surface area contributed by atoms with Gasteiger partial charge in [-0.2, -0.15) is 0 Å². The van der Waals surface area contributed by atoms with Crippen LogP contribution in [0.3, 0.4) is 0 Å². The predicted molar refractivity (Wildman–Crippen MR) is 86.0 cm³/mol. The van der Waals surface area contributed by atoms with Crippen molar-refractivity contribution in [2.75, 3.05) is 11.9 Å². The maximum Gasteiger partial charge on any atom is 0.244 e. The fraction of sp³-hybridized carbons (Fsp3) is 0.118. The number of aromatic nitrogens is 1. The van der Waals surface area contributed by atoms with Gasteiger partial charge in [0.2, 0.25) is 11.8 Å². The average molecular weight is 295 g/mol. The molecule has 2 amide bonds. The second-order valence-corrected chi connectivity index (χ2v) is 4.57. The van der Waals surface area contributed by atoms with E-state index in [4.69, 9.17) is 0 Å². The topological polar surface area (TPSA) is 71.1 Å². The number of pyridine rings is 1. The first-order valence-corrected chi connectivity index (χ1v) is 6.95. The zero-order valence-electron chi connectivity index (χ0n) is 12.0. The van der Waals surface area contributed by atoms with Crippen LogP contribution in [0.4, 0.5) is 5.69 Å². The van der Waals surface area contributed by atoms with Gasteiger partial charge >= 0.3 is 0 Å². The maximum absolute atomic E-state index is 11.7. The van der Waals surface area contributed by atoms with Gasteiger partial charge in [0.05, 0.1) is 0 Å². The Morgan fingerprint density at radius 3 is 2.64 bits per heavy atom. The molecule has 0 spiro atoms. The van der Waals surface area contributed by atoms with Gasteiger partial charge in [0, 0.05) is 37.1 Å². The average Bonchev–Trinajstić information content (AvgIpc) is 2.55. The second kappa shape index (κ2) is 8.36. The molecule has 1 heterocycles. The second-order valence-electron chi connectivity index (χ2n) is 4.57. The molecule has 22 heavy (non-hydrogen) atoms. The van der Waals surface area contributed by atoms with Gasteiger partial charge in [-0.3, -0.25) is 14.6 Å². The summed E-state index contributed by atoms with van der Waals surface area (Å²) in [5.41, 5.74) is 1.59. The van der Waals surface area contributed by atoms with Crippen molar-refractivity contribution in [3.8, 4) is 0 Å². The minimum absolute atomic E-state index is 0.136. The van der Waals surface area contributed by atoms with Crippen LogP contribution in [0.5, 0.6) is 0 Å². The Bertz CT molecular complexity index is 639. The zero-order valence-corrected chi connectivity index (χ0v) is 12.0. The van der Waals surface area contributed by atoms with Gasteiger partial charge in [-0.15, -0.1) is 0 Å². The molecular weight excluding hydrogens is 278 g/mol. The van der Waals surface area contributed by atoms with Gasteiger partial charge < -0.3 is 10.6 Å². The van der Waals surface area contributed by atoms with Gasteiger partial charge in [-0.05, 0) is 29.8 Å². The summed E-state index contributed by atoms with van der Waals surface area (Å²) in [7, 11) is 0. The van der Waals surface area contributed by atoms with E-state index >= 15 is 0 Å². The maximum atomic E-state index is 11.7. The van der Waals surface area contributed by atoms with E-state index in [1.54, 1.807) is 24.5 Å². The first kappa shape index (κ1) is 15.4. The number of rotatable bonds is 6. The van der Waals surface area contributed by atoms with Crippen LogP contribution in [0.15, 0.2) is 60.9 Å². The molecule has 2 aromatic rings. The molecular formula is C17H17N3O2. The number of hydrogen-bond acceptors (Lipinski definition) is 3. The van der Waals surface area contributed by atoms with Crippen molar-refractivity contribution in [2.24, 2.45) is 0 Å². The number of amides is 2. The number of carbonyl (C=O) groups excluding carboxylic acids is 2. The van der Waals surface area contributed by atoms with Gasteiger partial charge in [0.1, 0.15) is 0 Å². The summed E-state index contributed by atoms with van der Waals surface area (Å²) in [5, 5.41) is 5.42. The molecule has 0 bridgehead atoms. The van der Waals surface area contributed by atoms with E-state index < -0.39 is 0 Å². The number of nitrogens with one attached hydrogen (secondary N) is 2. The number of para-hydroxylation sites is 1. The van der Waals surface area contributed by atoms with E-state index in [-0.39, 0.29) is 24.8 Å². The molecule has 0 aliphatic heterocycles. The zero-order chi connectivity index (χ0) is 15.6. The smallest absolute Gasteiger partial charge is 0.244 e. The van der Waals surface area contributed by atoms with E-state index in [0.29, 0.717) is 0 Å². The first-order valence-electron chi connectivity index (χ1n) is 6.95. The number of benzene rings is 1. The first-order chi connectivity index (χ1) is 10.7. The highest BCUT2D eigenvalue weighted by atomic mass is 16.2. The lowest BCUT2D eigenvalue weighted by Crippen LogP contribution is -2.26. The van der Waals surface area contributed by atoms with Crippen LogP contribution in [0.2, 0.25) is 0 Å². The summed E-state index contributed by atoms with van der Waals surface area (Å²) in [6.45, 7) is 0.287. The normalized spacial score (nSPS) is 10.4. The molecule has 0 saturated carbocycles. The third kappa shape index (κ3) is 5.58. The van der Waals surface area contributed by atoms with Crippen molar-refractivity contribution < 1.29 is 9.59 Å². The molecule has 1 aromatic carbocycles. The molecule has 0 saturated heterocycles. The molecule has 0 unspecified atom stereocenters. The lowest BCUT2D eigenvalue weighted by Gasteiger charge is -2.05. The molecule has 112 valence electrons. The van der Waals surface area contributed by atoms with E-state index in [1.807, 2.05) is 36.4 Å². The standard InChI is InChI=1S/C17H17N3O2/c21-16(9-8-14-5-4-11-18-13-14)19-12-10-17(22)20-15-6-2-1-3-7-15/h1-9,11,13H,10,12H2,(H,19,21)(H,20,22)/b9-8+. The van der Waals surface area contributed by atoms with Crippen molar-refractivity contribution in [3.05, 3.63) is 66.5 Å². The Morgan fingerprint density at radius 1 is 1.09 bits per heavy atom. The van der Waals surface area contributed by atoms with Gasteiger partial charge in [0.15, 0.2) is 0 Å². The summed E-state index contributed by atoms with van der Waals surface area (Å²) >= 11 is 0. The van der Waals surface area contributed by atoms with Crippen LogP contribution in [0.1, 0.15) is 12.0 Å².